The zero-order valence-electron chi connectivity index (χ0n) is 19.0. The topological polar surface area (TPSA) is 147 Å². The van der Waals surface area contributed by atoms with Crippen LogP contribution in [0.15, 0.2) is 47.6 Å². The van der Waals surface area contributed by atoms with Crippen LogP contribution in [0.4, 0.5) is 11.5 Å². The number of nitrogen functional groups attached to an aromatic ring is 1. The molecule has 0 saturated carbocycles. The summed E-state index contributed by atoms with van der Waals surface area (Å²) < 4.78 is 0. The van der Waals surface area contributed by atoms with E-state index < -0.39 is 0 Å². The van der Waals surface area contributed by atoms with E-state index in [-0.39, 0.29) is 23.2 Å². The van der Waals surface area contributed by atoms with Gasteiger partial charge in [-0.3, -0.25) is 14.6 Å². The largest absolute Gasteiger partial charge is 0.382 e. The fraction of sp³-hybridized carbons (Fsp3) is 0.250. The Morgan fingerprint density at radius 1 is 1.09 bits per heavy atom. The van der Waals surface area contributed by atoms with Crippen molar-refractivity contribution in [1.82, 2.24) is 20.3 Å². The van der Waals surface area contributed by atoms with Gasteiger partial charge >= 0.3 is 0 Å². The van der Waals surface area contributed by atoms with Gasteiger partial charge in [0.2, 0.25) is 11.8 Å². The summed E-state index contributed by atoms with van der Waals surface area (Å²) in [5, 5.41) is 15.5. The summed E-state index contributed by atoms with van der Waals surface area (Å²) in [7, 11) is 0. The van der Waals surface area contributed by atoms with Crippen molar-refractivity contribution in [1.29, 1.82) is 5.26 Å². The van der Waals surface area contributed by atoms with Crippen LogP contribution in [0.3, 0.4) is 0 Å². The Morgan fingerprint density at radius 2 is 1.82 bits per heavy atom. The van der Waals surface area contributed by atoms with Crippen molar-refractivity contribution in [3.05, 3.63) is 59.4 Å². The highest BCUT2D eigenvalue weighted by Crippen LogP contribution is 2.29. The minimum Gasteiger partial charge on any atom is -0.382 e. The van der Waals surface area contributed by atoms with Crippen molar-refractivity contribution in [2.45, 2.75) is 37.6 Å². The molecule has 2 heterocycles. The van der Waals surface area contributed by atoms with Crippen LogP contribution < -0.4 is 16.4 Å². The Kier molecular flexibility index (Phi) is 8.54. The fourth-order valence-electron chi connectivity index (χ4n) is 3.17. The van der Waals surface area contributed by atoms with Gasteiger partial charge in [-0.15, -0.1) is 0 Å². The van der Waals surface area contributed by atoms with Gasteiger partial charge in [0, 0.05) is 42.6 Å². The highest BCUT2D eigenvalue weighted by molar-refractivity contribution is 7.98. The molecule has 0 fully saturated rings. The van der Waals surface area contributed by atoms with Gasteiger partial charge in [-0.1, -0.05) is 30.0 Å². The molecule has 4 N–H and O–H groups in total. The number of amides is 2. The highest BCUT2D eigenvalue weighted by Gasteiger charge is 2.15. The smallest absolute Gasteiger partial charge is 0.221 e. The summed E-state index contributed by atoms with van der Waals surface area (Å²) in [5.74, 6) is 0.437. The van der Waals surface area contributed by atoms with Gasteiger partial charge in [-0.25, -0.2) is 9.97 Å². The fourth-order valence-corrected chi connectivity index (χ4v) is 3.93. The molecule has 2 amide bonds. The molecule has 0 spiro atoms. The number of thioether (sulfide) groups is 1. The van der Waals surface area contributed by atoms with Crippen LogP contribution in [-0.4, -0.2) is 33.3 Å². The predicted molar refractivity (Wildman–Crippen MR) is 132 cm³/mol. The molecule has 2 aromatic heterocycles. The molecule has 0 aliphatic carbocycles. The molecule has 34 heavy (non-hydrogen) atoms. The third-order valence-corrected chi connectivity index (χ3v) is 5.58. The van der Waals surface area contributed by atoms with Crippen LogP contribution in [0.1, 0.15) is 37.2 Å². The van der Waals surface area contributed by atoms with Crippen LogP contribution in [0, 0.1) is 11.3 Å². The lowest BCUT2D eigenvalue weighted by Gasteiger charge is -2.10. The van der Waals surface area contributed by atoms with Gasteiger partial charge < -0.3 is 16.4 Å². The molecule has 0 saturated heterocycles. The van der Waals surface area contributed by atoms with Crippen LogP contribution in [-0.2, 0) is 21.8 Å². The Bertz CT molecular complexity index is 1220. The number of nitriles is 1. The number of anilines is 2. The average Bonchev–Trinajstić information content (AvgIpc) is 2.82. The molecule has 9 nitrogen and oxygen atoms in total. The first kappa shape index (κ1) is 24.7. The third kappa shape index (κ3) is 6.76. The van der Waals surface area contributed by atoms with Gasteiger partial charge in [0.1, 0.15) is 17.5 Å². The number of aromatic nitrogens is 3. The number of pyridine rings is 1. The Morgan fingerprint density at radius 3 is 2.50 bits per heavy atom. The van der Waals surface area contributed by atoms with Crippen molar-refractivity contribution in [2.75, 3.05) is 17.6 Å². The number of hydrogen-bond donors (Lipinski definition) is 3. The lowest BCUT2D eigenvalue weighted by Crippen LogP contribution is -2.22. The summed E-state index contributed by atoms with van der Waals surface area (Å²) >= 11 is 1.36. The summed E-state index contributed by atoms with van der Waals surface area (Å²) in [4.78, 5) is 36.4. The zero-order valence-corrected chi connectivity index (χ0v) is 19.8. The third-order valence-electron chi connectivity index (χ3n) is 4.70. The van der Waals surface area contributed by atoms with Crippen molar-refractivity contribution >= 4 is 35.1 Å². The number of benzene rings is 1. The van der Waals surface area contributed by atoms with Crippen molar-refractivity contribution in [2.24, 2.45) is 0 Å². The SMILES string of the molecule is CCNC(=O)CCc1cccc(CSc2nc(N)c(C#N)c(-c3ccc(NC(C)=O)cc3)n2)n1. The van der Waals surface area contributed by atoms with E-state index >= 15 is 0 Å². The Labute approximate surface area is 202 Å². The second-order valence-corrected chi connectivity index (χ2v) is 8.29. The number of carbonyl (C=O) groups is 2. The maximum absolute atomic E-state index is 11.7. The monoisotopic (exact) mass is 475 g/mol. The molecule has 174 valence electrons. The molecule has 3 rings (SSSR count). The van der Waals surface area contributed by atoms with E-state index in [4.69, 9.17) is 5.73 Å². The summed E-state index contributed by atoms with van der Waals surface area (Å²) in [6, 6.07) is 14.8. The first-order valence-corrected chi connectivity index (χ1v) is 11.7. The Hall–Kier alpha value is -3.97. The van der Waals surface area contributed by atoms with Crippen molar-refractivity contribution in [3.63, 3.8) is 0 Å². The van der Waals surface area contributed by atoms with Crippen LogP contribution in [0.5, 0.6) is 0 Å². The molecule has 0 aliphatic rings. The minimum absolute atomic E-state index is 0.00294. The molecule has 0 atom stereocenters. The van der Waals surface area contributed by atoms with Gasteiger partial charge in [0.25, 0.3) is 0 Å². The van der Waals surface area contributed by atoms with E-state index in [9.17, 15) is 14.9 Å². The van der Waals surface area contributed by atoms with Gasteiger partial charge in [-0.05, 0) is 37.6 Å². The number of nitrogens with two attached hydrogens (primary N) is 1. The van der Waals surface area contributed by atoms with E-state index in [0.717, 1.165) is 11.4 Å². The standard InChI is InChI=1S/C24H25N7O2S/c1-3-27-21(33)12-11-17-5-4-6-19(29-17)14-34-24-30-22(20(13-25)23(26)31-24)16-7-9-18(10-8-16)28-15(2)32/h4-10H,3,11-12,14H2,1-2H3,(H,27,33)(H,28,32)(H2,26,30,31). The van der Waals surface area contributed by atoms with E-state index in [2.05, 4.69) is 31.7 Å². The molecule has 0 unspecified atom stereocenters. The second kappa shape index (κ2) is 11.8. The Balaban J connectivity index is 1.76. The molecule has 1 aromatic carbocycles. The highest BCUT2D eigenvalue weighted by atomic mass is 32.2. The van der Waals surface area contributed by atoms with Gasteiger partial charge in [-0.2, -0.15) is 5.26 Å². The molecule has 0 bridgehead atoms. The molecular formula is C24H25N7O2S. The number of carbonyl (C=O) groups excluding carboxylic acids is 2. The lowest BCUT2D eigenvalue weighted by molar-refractivity contribution is -0.121. The number of nitrogens with one attached hydrogen (secondary N) is 2. The number of rotatable bonds is 9. The van der Waals surface area contributed by atoms with Crippen LogP contribution >= 0.6 is 11.8 Å². The van der Waals surface area contributed by atoms with E-state index in [1.54, 1.807) is 24.3 Å². The molecule has 3 aromatic rings. The molecule has 0 radical (unpaired) electrons. The molecule has 0 aliphatic heterocycles. The maximum atomic E-state index is 11.7. The predicted octanol–water partition coefficient (Wildman–Crippen LogP) is 3.31. The number of nitrogens with zero attached hydrogens (tertiary/aromatic N) is 4. The van der Waals surface area contributed by atoms with Crippen LogP contribution in [0.2, 0.25) is 0 Å². The molecular weight excluding hydrogens is 450 g/mol. The second-order valence-electron chi connectivity index (χ2n) is 7.35. The average molecular weight is 476 g/mol. The zero-order chi connectivity index (χ0) is 24.5. The minimum atomic E-state index is -0.169. The number of hydrogen-bond acceptors (Lipinski definition) is 8. The summed E-state index contributed by atoms with van der Waals surface area (Å²) in [6.07, 6.45) is 0.945. The maximum Gasteiger partial charge on any atom is 0.221 e. The normalized spacial score (nSPS) is 10.4. The van der Waals surface area contributed by atoms with E-state index in [0.29, 0.717) is 47.2 Å². The first-order chi connectivity index (χ1) is 16.4. The number of aryl methyl sites for hydroxylation is 1. The lowest BCUT2D eigenvalue weighted by atomic mass is 10.1. The summed E-state index contributed by atoms with van der Waals surface area (Å²) in [6.45, 7) is 3.93. The van der Waals surface area contributed by atoms with E-state index in [1.165, 1.54) is 18.7 Å². The van der Waals surface area contributed by atoms with Crippen LogP contribution in [0.25, 0.3) is 11.3 Å². The van der Waals surface area contributed by atoms with Crippen molar-refractivity contribution < 1.29 is 9.59 Å². The quantitative estimate of drug-likeness (QED) is 0.315. The van der Waals surface area contributed by atoms with Gasteiger partial charge in [0.05, 0.1) is 11.4 Å². The van der Waals surface area contributed by atoms with Crippen molar-refractivity contribution in [3.8, 4) is 17.3 Å². The van der Waals surface area contributed by atoms with E-state index in [1.807, 2.05) is 25.1 Å². The molecule has 10 heteroatoms. The summed E-state index contributed by atoms with van der Waals surface area (Å²) in [5.41, 5.74) is 9.67. The first-order valence-electron chi connectivity index (χ1n) is 10.7. The van der Waals surface area contributed by atoms with Gasteiger partial charge in [0.15, 0.2) is 5.16 Å².